The molecule has 0 saturated carbocycles. The molecule has 0 bridgehead atoms. The Morgan fingerprint density at radius 1 is 1.11 bits per heavy atom. The second-order valence-electron chi connectivity index (χ2n) is 5.65. The second kappa shape index (κ2) is 9.00. The van der Waals surface area contributed by atoms with Crippen LogP contribution >= 0.6 is 11.8 Å². The molecule has 0 unspecified atom stereocenters. The summed E-state index contributed by atoms with van der Waals surface area (Å²) >= 11 is 1.20. The van der Waals surface area contributed by atoms with E-state index in [1.165, 1.54) is 16.4 Å². The van der Waals surface area contributed by atoms with E-state index in [2.05, 4.69) is 26.2 Å². The van der Waals surface area contributed by atoms with E-state index < -0.39 is 0 Å². The van der Waals surface area contributed by atoms with Gasteiger partial charge in [-0.25, -0.2) is 4.68 Å². The van der Waals surface area contributed by atoms with Crippen molar-refractivity contribution < 1.29 is 14.3 Å². The summed E-state index contributed by atoms with van der Waals surface area (Å²) in [6.45, 7) is 0. The average molecular weight is 398 g/mol. The molecule has 10 heteroatoms. The number of para-hydroxylation sites is 1. The highest BCUT2D eigenvalue weighted by Crippen LogP contribution is 2.20. The van der Waals surface area contributed by atoms with Crippen molar-refractivity contribution in [3.63, 3.8) is 0 Å². The van der Waals surface area contributed by atoms with Gasteiger partial charge in [0, 0.05) is 12.7 Å². The Hall–Kier alpha value is -3.40. The zero-order chi connectivity index (χ0) is 19.9. The molecule has 3 rings (SSSR count). The first kappa shape index (κ1) is 19.4. The van der Waals surface area contributed by atoms with Crippen LogP contribution in [0.1, 0.15) is 10.4 Å². The number of hydrogen-bond donors (Lipinski definition) is 2. The standard InChI is InChI=1S/C18H18N6O3S/c1-24-18(21-22-23-24)28-11-16(25)20-15-6-4-3-5-14(15)17(26)19-12-7-9-13(27-2)10-8-12/h3-10H,11H2,1-2H3,(H,19,26)(H,20,25). The summed E-state index contributed by atoms with van der Waals surface area (Å²) in [5.41, 5.74) is 1.41. The van der Waals surface area contributed by atoms with Gasteiger partial charge in [-0.15, -0.1) is 5.10 Å². The molecule has 0 saturated heterocycles. The Morgan fingerprint density at radius 3 is 2.54 bits per heavy atom. The number of nitrogens with one attached hydrogen (secondary N) is 2. The summed E-state index contributed by atoms with van der Waals surface area (Å²) in [7, 11) is 3.27. The lowest BCUT2D eigenvalue weighted by atomic mass is 10.1. The van der Waals surface area contributed by atoms with Gasteiger partial charge in [0.05, 0.1) is 24.1 Å². The van der Waals surface area contributed by atoms with Crippen molar-refractivity contribution >= 4 is 35.0 Å². The van der Waals surface area contributed by atoms with Gasteiger partial charge in [0.25, 0.3) is 5.91 Å². The molecule has 9 nitrogen and oxygen atoms in total. The van der Waals surface area contributed by atoms with Crippen LogP contribution in [0.25, 0.3) is 0 Å². The van der Waals surface area contributed by atoms with Crippen LogP contribution in [-0.2, 0) is 11.8 Å². The fourth-order valence-corrected chi connectivity index (χ4v) is 2.97. The third kappa shape index (κ3) is 4.86. The molecule has 0 aliphatic heterocycles. The number of carbonyl (C=O) groups excluding carboxylic acids is 2. The van der Waals surface area contributed by atoms with Gasteiger partial charge in [-0.3, -0.25) is 9.59 Å². The van der Waals surface area contributed by atoms with E-state index in [4.69, 9.17) is 4.74 Å². The number of tetrazole rings is 1. The monoisotopic (exact) mass is 398 g/mol. The molecule has 0 spiro atoms. The number of hydrogen-bond acceptors (Lipinski definition) is 7. The van der Waals surface area contributed by atoms with Crippen molar-refractivity contribution in [2.24, 2.45) is 7.05 Å². The highest BCUT2D eigenvalue weighted by Gasteiger charge is 2.14. The number of aryl methyl sites for hydroxylation is 1. The van der Waals surface area contributed by atoms with E-state index in [1.54, 1.807) is 62.7 Å². The lowest BCUT2D eigenvalue weighted by Gasteiger charge is -2.11. The topological polar surface area (TPSA) is 111 Å². The van der Waals surface area contributed by atoms with Crippen LogP contribution in [-0.4, -0.2) is 44.9 Å². The van der Waals surface area contributed by atoms with Gasteiger partial charge in [-0.2, -0.15) is 0 Å². The molecule has 1 aromatic heterocycles. The third-order valence-corrected chi connectivity index (χ3v) is 4.72. The van der Waals surface area contributed by atoms with Crippen LogP contribution in [0, 0.1) is 0 Å². The van der Waals surface area contributed by atoms with E-state index in [-0.39, 0.29) is 17.6 Å². The molecular formula is C18H18N6O3S. The number of methoxy groups -OCH3 is 1. The number of benzene rings is 2. The Kier molecular flexibility index (Phi) is 6.22. The number of nitrogens with zero attached hydrogens (tertiary/aromatic N) is 4. The van der Waals surface area contributed by atoms with Gasteiger partial charge in [0.2, 0.25) is 11.1 Å². The number of thioether (sulfide) groups is 1. The molecule has 0 aliphatic rings. The molecule has 3 aromatic rings. The molecule has 2 N–H and O–H groups in total. The minimum absolute atomic E-state index is 0.114. The highest BCUT2D eigenvalue weighted by molar-refractivity contribution is 7.99. The quantitative estimate of drug-likeness (QED) is 0.587. The van der Waals surface area contributed by atoms with Crippen molar-refractivity contribution in [1.29, 1.82) is 0 Å². The third-order valence-electron chi connectivity index (χ3n) is 3.71. The molecule has 2 amide bonds. The van der Waals surface area contributed by atoms with Gasteiger partial charge < -0.3 is 15.4 Å². The molecule has 0 aliphatic carbocycles. The van der Waals surface area contributed by atoms with E-state index in [9.17, 15) is 9.59 Å². The molecule has 0 radical (unpaired) electrons. The van der Waals surface area contributed by atoms with Crippen LogP contribution in [0.15, 0.2) is 53.7 Å². The molecule has 1 heterocycles. The second-order valence-corrected chi connectivity index (χ2v) is 6.59. The number of rotatable bonds is 7. The summed E-state index contributed by atoms with van der Waals surface area (Å²) in [4.78, 5) is 24.9. The number of anilines is 2. The zero-order valence-corrected chi connectivity index (χ0v) is 16.1. The lowest BCUT2D eigenvalue weighted by Crippen LogP contribution is -2.19. The first-order valence-electron chi connectivity index (χ1n) is 8.26. The van der Waals surface area contributed by atoms with Gasteiger partial charge in [0.15, 0.2) is 0 Å². The van der Waals surface area contributed by atoms with E-state index >= 15 is 0 Å². The van der Waals surface area contributed by atoms with Crippen molar-refractivity contribution in [2.45, 2.75) is 5.16 Å². The molecule has 2 aromatic carbocycles. The fourth-order valence-electron chi connectivity index (χ4n) is 2.32. The van der Waals surface area contributed by atoms with E-state index in [0.29, 0.717) is 27.8 Å². The van der Waals surface area contributed by atoms with Gasteiger partial charge in [-0.05, 0) is 46.8 Å². The van der Waals surface area contributed by atoms with Crippen molar-refractivity contribution in [2.75, 3.05) is 23.5 Å². The molecular weight excluding hydrogens is 380 g/mol. The van der Waals surface area contributed by atoms with Crippen molar-refractivity contribution in [3.05, 3.63) is 54.1 Å². The predicted octanol–water partition coefficient (Wildman–Crippen LogP) is 2.20. The summed E-state index contributed by atoms with van der Waals surface area (Å²) < 4.78 is 6.58. The number of carbonyl (C=O) groups is 2. The summed E-state index contributed by atoms with van der Waals surface area (Å²) in [5, 5.41) is 17.1. The zero-order valence-electron chi connectivity index (χ0n) is 15.2. The Bertz CT molecular complexity index is 973. The highest BCUT2D eigenvalue weighted by atomic mass is 32.2. The van der Waals surface area contributed by atoms with Crippen LogP contribution in [0.2, 0.25) is 0 Å². The fraction of sp³-hybridized carbons (Fsp3) is 0.167. The summed E-state index contributed by atoms with van der Waals surface area (Å²) in [6, 6.07) is 13.8. The smallest absolute Gasteiger partial charge is 0.257 e. The van der Waals surface area contributed by atoms with Gasteiger partial charge in [0.1, 0.15) is 5.75 Å². The first-order valence-corrected chi connectivity index (χ1v) is 9.25. The number of amides is 2. The maximum absolute atomic E-state index is 12.6. The van der Waals surface area contributed by atoms with Crippen molar-refractivity contribution in [3.8, 4) is 5.75 Å². The van der Waals surface area contributed by atoms with Crippen LogP contribution < -0.4 is 15.4 Å². The number of aromatic nitrogens is 4. The number of ether oxygens (including phenoxy) is 1. The predicted molar refractivity (Wildman–Crippen MR) is 106 cm³/mol. The Morgan fingerprint density at radius 2 is 1.86 bits per heavy atom. The van der Waals surface area contributed by atoms with Crippen molar-refractivity contribution in [1.82, 2.24) is 20.2 Å². The molecule has 0 fully saturated rings. The maximum Gasteiger partial charge on any atom is 0.257 e. The first-order chi connectivity index (χ1) is 13.6. The minimum atomic E-state index is -0.328. The summed E-state index contributed by atoms with van der Waals surface area (Å²) in [5.74, 6) is 0.216. The van der Waals surface area contributed by atoms with E-state index in [1.807, 2.05) is 0 Å². The van der Waals surface area contributed by atoms with Crippen LogP contribution in [0.5, 0.6) is 5.75 Å². The Balaban J connectivity index is 1.65. The summed E-state index contributed by atoms with van der Waals surface area (Å²) in [6.07, 6.45) is 0. The van der Waals surface area contributed by atoms with Gasteiger partial charge >= 0.3 is 0 Å². The lowest BCUT2D eigenvalue weighted by molar-refractivity contribution is -0.113. The molecule has 28 heavy (non-hydrogen) atoms. The minimum Gasteiger partial charge on any atom is -0.497 e. The largest absolute Gasteiger partial charge is 0.497 e. The van der Waals surface area contributed by atoms with Crippen LogP contribution in [0.4, 0.5) is 11.4 Å². The SMILES string of the molecule is COc1ccc(NC(=O)c2ccccc2NC(=O)CSc2nnnn2C)cc1. The van der Waals surface area contributed by atoms with Crippen LogP contribution in [0.3, 0.4) is 0 Å². The molecule has 0 atom stereocenters. The van der Waals surface area contributed by atoms with E-state index in [0.717, 1.165) is 0 Å². The maximum atomic E-state index is 12.6. The van der Waals surface area contributed by atoms with Gasteiger partial charge in [-0.1, -0.05) is 23.9 Å². The average Bonchev–Trinajstić information content (AvgIpc) is 3.12. The normalized spacial score (nSPS) is 10.4. The Labute approximate surface area is 165 Å². The molecule has 144 valence electrons.